The zero-order valence-electron chi connectivity index (χ0n) is 12.2. The highest BCUT2D eigenvalue weighted by Crippen LogP contribution is 2.37. The Morgan fingerprint density at radius 2 is 1.50 bits per heavy atom. The van der Waals surface area contributed by atoms with Crippen LogP contribution in [0.5, 0.6) is 0 Å². The van der Waals surface area contributed by atoms with E-state index in [1.807, 2.05) is 0 Å². The van der Waals surface area contributed by atoms with Gasteiger partial charge in [0.1, 0.15) is 0 Å². The number of rotatable bonds is 5. The van der Waals surface area contributed by atoms with Gasteiger partial charge in [0.25, 0.3) is 0 Å². The molecular formula is C19H23N. The van der Waals surface area contributed by atoms with Gasteiger partial charge in [0.15, 0.2) is 0 Å². The molecule has 20 heavy (non-hydrogen) atoms. The monoisotopic (exact) mass is 265 g/mol. The first-order chi connectivity index (χ1) is 9.90. The summed E-state index contributed by atoms with van der Waals surface area (Å²) in [6, 6.07) is 22.6. The maximum absolute atomic E-state index is 2.64. The van der Waals surface area contributed by atoms with Crippen molar-refractivity contribution in [1.82, 2.24) is 4.90 Å². The van der Waals surface area contributed by atoms with Gasteiger partial charge in [-0.25, -0.2) is 0 Å². The molecule has 0 spiro atoms. The molecule has 1 aliphatic rings. The topological polar surface area (TPSA) is 3.24 Å². The minimum Gasteiger partial charge on any atom is -0.299 e. The highest BCUT2D eigenvalue weighted by molar-refractivity contribution is 5.35. The third-order valence-electron chi connectivity index (χ3n) is 4.39. The molecule has 1 heterocycles. The van der Waals surface area contributed by atoms with Gasteiger partial charge in [-0.15, -0.1) is 0 Å². The van der Waals surface area contributed by atoms with Gasteiger partial charge in [0.2, 0.25) is 0 Å². The summed E-state index contributed by atoms with van der Waals surface area (Å²) in [4.78, 5) is 2.64. The van der Waals surface area contributed by atoms with Crippen LogP contribution in [0, 0.1) is 0 Å². The van der Waals surface area contributed by atoms with E-state index in [-0.39, 0.29) is 0 Å². The molecule has 0 N–H and O–H groups in total. The summed E-state index contributed by atoms with van der Waals surface area (Å²) in [5.41, 5.74) is 2.90. The van der Waals surface area contributed by atoms with Crippen molar-refractivity contribution in [3.8, 4) is 0 Å². The molecule has 1 atom stereocenters. The van der Waals surface area contributed by atoms with E-state index in [9.17, 15) is 0 Å². The summed E-state index contributed by atoms with van der Waals surface area (Å²) in [7, 11) is 0. The SMILES string of the molecule is CCCN1CCC1C(c1ccccc1)c1ccccc1. The van der Waals surface area contributed by atoms with Crippen LogP contribution in [0.4, 0.5) is 0 Å². The predicted octanol–water partition coefficient (Wildman–Crippen LogP) is 4.30. The first-order valence-corrected chi connectivity index (χ1v) is 7.74. The molecule has 0 amide bonds. The molecule has 0 radical (unpaired) electrons. The molecule has 104 valence electrons. The second kappa shape index (κ2) is 6.23. The lowest BCUT2D eigenvalue weighted by atomic mass is 9.79. The van der Waals surface area contributed by atoms with Crippen LogP contribution >= 0.6 is 0 Å². The number of benzene rings is 2. The molecule has 3 rings (SSSR count). The van der Waals surface area contributed by atoms with Gasteiger partial charge in [0, 0.05) is 12.0 Å². The van der Waals surface area contributed by atoms with Gasteiger partial charge >= 0.3 is 0 Å². The van der Waals surface area contributed by atoms with Gasteiger partial charge in [0.05, 0.1) is 0 Å². The third kappa shape index (κ3) is 2.64. The fourth-order valence-corrected chi connectivity index (χ4v) is 3.36. The summed E-state index contributed by atoms with van der Waals surface area (Å²) in [5.74, 6) is 0.512. The van der Waals surface area contributed by atoms with E-state index in [1.165, 1.54) is 37.1 Å². The maximum Gasteiger partial charge on any atom is 0.0246 e. The molecular weight excluding hydrogens is 242 g/mol. The van der Waals surface area contributed by atoms with E-state index in [4.69, 9.17) is 0 Å². The minimum absolute atomic E-state index is 0.512. The van der Waals surface area contributed by atoms with Crippen molar-refractivity contribution in [2.75, 3.05) is 13.1 Å². The van der Waals surface area contributed by atoms with Crippen LogP contribution in [0.1, 0.15) is 36.8 Å². The molecule has 1 unspecified atom stereocenters. The quantitative estimate of drug-likeness (QED) is 0.779. The Morgan fingerprint density at radius 1 is 0.950 bits per heavy atom. The fraction of sp³-hybridized carbons (Fsp3) is 0.368. The third-order valence-corrected chi connectivity index (χ3v) is 4.39. The van der Waals surface area contributed by atoms with E-state index in [0.29, 0.717) is 12.0 Å². The molecule has 1 aliphatic heterocycles. The van der Waals surface area contributed by atoms with E-state index in [1.54, 1.807) is 0 Å². The maximum atomic E-state index is 2.64. The molecule has 0 saturated carbocycles. The Bertz CT molecular complexity index is 480. The van der Waals surface area contributed by atoms with Crippen molar-refractivity contribution < 1.29 is 0 Å². The van der Waals surface area contributed by atoms with E-state index >= 15 is 0 Å². The van der Waals surface area contributed by atoms with Crippen molar-refractivity contribution in [1.29, 1.82) is 0 Å². The Kier molecular flexibility index (Phi) is 4.17. The van der Waals surface area contributed by atoms with E-state index in [0.717, 1.165) is 0 Å². The lowest BCUT2D eigenvalue weighted by Crippen LogP contribution is -2.51. The largest absolute Gasteiger partial charge is 0.299 e. The van der Waals surface area contributed by atoms with Crippen LogP contribution in [0.15, 0.2) is 60.7 Å². The van der Waals surface area contributed by atoms with Crippen LogP contribution in [0.25, 0.3) is 0 Å². The Morgan fingerprint density at radius 3 is 1.90 bits per heavy atom. The average Bonchev–Trinajstić information content (AvgIpc) is 2.50. The number of likely N-dealkylation sites (tertiary alicyclic amines) is 1. The van der Waals surface area contributed by atoms with Gasteiger partial charge in [-0.3, -0.25) is 4.90 Å². The summed E-state index contributed by atoms with van der Waals surface area (Å²) in [6.45, 7) is 4.75. The van der Waals surface area contributed by atoms with Crippen LogP contribution < -0.4 is 0 Å². The first kappa shape index (κ1) is 13.4. The second-order valence-corrected chi connectivity index (χ2v) is 5.69. The smallest absolute Gasteiger partial charge is 0.0246 e. The fourth-order valence-electron chi connectivity index (χ4n) is 3.36. The van der Waals surface area contributed by atoms with Crippen molar-refractivity contribution >= 4 is 0 Å². The lowest BCUT2D eigenvalue weighted by molar-refractivity contribution is 0.0784. The highest BCUT2D eigenvalue weighted by atomic mass is 15.2. The van der Waals surface area contributed by atoms with Crippen molar-refractivity contribution in [2.45, 2.75) is 31.7 Å². The van der Waals surface area contributed by atoms with Gasteiger partial charge in [-0.05, 0) is 37.1 Å². The zero-order chi connectivity index (χ0) is 13.8. The molecule has 0 aromatic heterocycles. The zero-order valence-corrected chi connectivity index (χ0v) is 12.2. The Hall–Kier alpha value is -1.60. The highest BCUT2D eigenvalue weighted by Gasteiger charge is 2.35. The normalized spacial score (nSPS) is 19.0. The second-order valence-electron chi connectivity index (χ2n) is 5.69. The molecule has 1 nitrogen and oxygen atoms in total. The molecule has 1 fully saturated rings. The van der Waals surface area contributed by atoms with Crippen molar-refractivity contribution in [2.24, 2.45) is 0 Å². The Labute approximate surface area is 122 Å². The van der Waals surface area contributed by atoms with Crippen LogP contribution in [-0.2, 0) is 0 Å². The molecule has 0 bridgehead atoms. The van der Waals surface area contributed by atoms with Crippen LogP contribution in [0.2, 0.25) is 0 Å². The van der Waals surface area contributed by atoms with Crippen LogP contribution in [-0.4, -0.2) is 24.0 Å². The van der Waals surface area contributed by atoms with E-state index in [2.05, 4.69) is 72.5 Å². The minimum atomic E-state index is 0.512. The van der Waals surface area contributed by atoms with Gasteiger partial charge in [-0.2, -0.15) is 0 Å². The van der Waals surface area contributed by atoms with Gasteiger partial charge < -0.3 is 0 Å². The van der Waals surface area contributed by atoms with Crippen molar-refractivity contribution in [3.05, 3.63) is 71.8 Å². The molecule has 1 saturated heterocycles. The number of hydrogen-bond acceptors (Lipinski definition) is 1. The molecule has 0 aliphatic carbocycles. The first-order valence-electron chi connectivity index (χ1n) is 7.74. The summed E-state index contributed by atoms with van der Waals surface area (Å²) in [5, 5.41) is 0. The Balaban J connectivity index is 1.92. The number of nitrogens with zero attached hydrogens (tertiary/aromatic N) is 1. The molecule has 2 aromatic carbocycles. The average molecular weight is 265 g/mol. The summed E-state index contributed by atoms with van der Waals surface area (Å²) < 4.78 is 0. The van der Waals surface area contributed by atoms with Gasteiger partial charge in [-0.1, -0.05) is 67.6 Å². The molecule has 1 heteroatoms. The van der Waals surface area contributed by atoms with Crippen molar-refractivity contribution in [3.63, 3.8) is 0 Å². The predicted molar refractivity (Wildman–Crippen MR) is 85.0 cm³/mol. The lowest BCUT2D eigenvalue weighted by Gasteiger charge is -2.46. The van der Waals surface area contributed by atoms with Crippen LogP contribution in [0.3, 0.4) is 0 Å². The summed E-state index contributed by atoms with van der Waals surface area (Å²) in [6.07, 6.45) is 2.56. The molecule has 2 aromatic rings. The number of hydrogen-bond donors (Lipinski definition) is 0. The summed E-state index contributed by atoms with van der Waals surface area (Å²) >= 11 is 0. The van der Waals surface area contributed by atoms with E-state index < -0.39 is 0 Å². The standard InChI is InChI=1S/C19H23N/c1-2-14-20-15-13-18(20)19(16-9-5-3-6-10-16)17-11-7-4-8-12-17/h3-12,18-19H,2,13-15H2,1H3.